The van der Waals surface area contributed by atoms with E-state index in [-0.39, 0.29) is 22.3 Å². The van der Waals surface area contributed by atoms with Crippen molar-refractivity contribution >= 4 is 23.6 Å². The number of carbonyl (C=O) groups excluding carboxylic acids is 4. The van der Waals surface area contributed by atoms with E-state index in [9.17, 15) is 28.0 Å². The zero-order valence-corrected chi connectivity index (χ0v) is 16.3. The number of hydrogen-bond acceptors (Lipinski definition) is 4. The Hall–Kier alpha value is -4.60. The first-order valence-corrected chi connectivity index (χ1v) is 9.16. The summed E-state index contributed by atoms with van der Waals surface area (Å²) in [6.45, 7) is 0. The third-order valence-corrected chi connectivity index (χ3v) is 4.18. The smallest absolute Gasteiger partial charge is 0.267 e. The van der Waals surface area contributed by atoms with Crippen molar-refractivity contribution in [2.45, 2.75) is 0 Å². The molecule has 0 fully saturated rings. The molecule has 0 atom stereocenters. The summed E-state index contributed by atoms with van der Waals surface area (Å²) in [4.78, 5) is 48.5. The Labute approximate surface area is 180 Å². The van der Waals surface area contributed by atoms with Crippen LogP contribution in [0.2, 0.25) is 0 Å². The minimum absolute atomic E-state index is 0.0573. The van der Waals surface area contributed by atoms with Crippen molar-refractivity contribution in [3.05, 3.63) is 107 Å². The van der Waals surface area contributed by atoms with Crippen LogP contribution in [0.15, 0.2) is 72.8 Å². The number of rotatable bonds is 4. The molecule has 8 nitrogen and oxygen atoms in total. The Morgan fingerprint density at radius 3 is 1.12 bits per heavy atom. The second-order valence-electron chi connectivity index (χ2n) is 6.41. The second kappa shape index (κ2) is 9.94. The first kappa shape index (κ1) is 22.1. The van der Waals surface area contributed by atoms with Crippen molar-refractivity contribution in [3.63, 3.8) is 0 Å². The molecule has 0 unspecified atom stereocenters. The standard InChI is InChI=1S/C22H16F2N4O4/c23-17-8-4-13(5-9-17)19(29)25-27-21(31)15-2-1-3-16(12-15)22(32)28-26-20(30)14-6-10-18(24)11-7-14/h1-12H,(H,25,29)(H,26,30)(H,27,31)(H,28,32). The highest BCUT2D eigenvalue weighted by Gasteiger charge is 2.13. The lowest BCUT2D eigenvalue weighted by Gasteiger charge is -2.10. The van der Waals surface area contributed by atoms with Gasteiger partial charge in [0.15, 0.2) is 0 Å². The van der Waals surface area contributed by atoms with Crippen LogP contribution in [0.5, 0.6) is 0 Å². The molecule has 0 saturated heterocycles. The lowest BCUT2D eigenvalue weighted by atomic mass is 10.1. The molecule has 0 aliphatic rings. The van der Waals surface area contributed by atoms with Gasteiger partial charge in [0, 0.05) is 22.3 Å². The quantitative estimate of drug-likeness (QED) is 0.467. The molecule has 0 heterocycles. The average Bonchev–Trinajstić information content (AvgIpc) is 2.81. The van der Waals surface area contributed by atoms with E-state index in [0.29, 0.717) is 0 Å². The molecular formula is C22H16F2N4O4. The van der Waals surface area contributed by atoms with Gasteiger partial charge in [-0.05, 0) is 66.7 Å². The van der Waals surface area contributed by atoms with Crippen LogP contribution in [0.4, 0.5) is 8.78 Å². The van der Waals surface area contributed by atoms with Crippen molar-refractivity contribution in [3.8, 4) is 0 Å². The number of halogens is 2. The Kier molecular flexibility index (Phi) is 6.86. The lowest BCUT2D eigenvalue weighted by molar-refractivity contribution is 0.0842. The Morgan fingerprint density at radius 1 is 0.469 bits per heavy atom. The van der Waals surface area contributed by atoms with Gasteiger partial charge in [-0.25, -0.2) is 8.78 Å². The van der Waals surface area contributed by atoms with E-state index >= 15 is 0 Å². The average molecular weight is 438 g/mol. The van der Waals surface area contributed by atoms with E-state index in [4.69, 9.17) is 0 Å². The molecule has 10 heteroatoms. The summed E-state index contributed by atoms with van der Waals surface area (Å²) in [5.74, 6) is -3.73. The highest BCUT2D eigenvalue weighted by atomic mass is 19.1. The molecular weight excluding hydrogens is 422 g/mol. The van der Waals surface area contributed by atoms with Gasteiger partial charge in [-0.3, -0.25) is 40.9 Å². The van der Waals surface area contributed by atoms with Gasteiger partial charge in [0.05, 0.1) is 0 Å². The summed E-state index contributed by atoms with van der Waals surface area (Å²) in [5.41, 5.74) is 9.13. The van der Waals surface area contributed by atoms with Gasteiger partial charge >= 0.3 is 0 Å². The van der Waals surface area contributed by atoms with Crippen LogP contribution < -0.4 is 21.7 Å². The van der Waals surface area contributed by atoms with E-state index in [1.807, 2.05) is 0 Å². The summed E-state index contributed by atoms with van der Waals surface area (Å²) in [5, 5.41) is 0. The third-order valence-electron chi connectivity index (χ3n) is 4.18. The van der Waals surface area contributed by atoms with E-state index < -0.39 is 35.3 Å². The van der Waals surface area contributed by atoms with Crippen molar-refractivity contribution in [2.75, 3.05) is 0 Å². The van der Waals surface area contributed by atoms with Crippen molar-refractivity contribution in [1.82, 2.24) is 21.7 Å². The molecule has 162 valence electrons. The minimum Gasteiger partial charge on any atom is -0.267 e. The topological polar surface area (TPSA) is 116 Å². The predicted molar refractivity (Wildman–Crippen MR) is 109 cm³/mol. The molecule has 0 saturated carbocycles. The monoisotopic (exact) mass is 438 g/mol. The van der Waals surface area contributed by atoms with Crippen LogP contribution in [-0.4, -0.2) is 23.6 Å². The van der Waals surface area contributed by atoms with E-state index in [1.54, 1.807) is 0 Å². The Bertz CT molecular complexity index is 1080. The molecule has 32 heavy (non-hydrogen) atoms. The van der Waals surface area contributed by atoms with Crippen LogP contribution in [0.25, 0.3) is 0 Å². The Morgan fingerprint density at radius 2 is 0.781 bits per heavy atom. The van der Waals surface area contributed by atoms with Crippen LogP contribution in [0.1, 0.15) is 41.4 Å². The van der Waals surface area contributed by atoms with E-state index in [0.717, 1.165) is 24.3 Å². The zero-order chi connectivity index (χ0) is 23.1. The number of hydrogen-bond donors (Lipinski definition) is 4. The maximum absolute atomic E-state index is 12.9. The molecule has 0 radical (unpaired) electrons. The predicted octanol–water partition coefficient (Wildman–Crippen LogP) is 2.11. The summed E-state index contributed by atoms with van der Waals surface area (Å²) < 4.78 is 25.8. The van der Waals surface area contributed by atoms with Crippen molar-refractivity contribution < 1.29 is 28.0 Å². The van der Waals surface area contributed by atoms with Crippen LogP contribution in [-0.2, 0) is 0 Å². The highest BCUT2D eigenvalue weighted by Crippen LogP contribution is 2.06. The maximum atomic E-state index is 12.9. The van der Waals surface area contributed by atoms with Gasteiger partial charge in [-0.15, -0.1) is 0 Å². The van der Waals surface area contributed by atoms with Gasteiger partial charge in [-0.1, -0.05) is 6.07 Å². The second-order valence-corrected chi connectivity index (χ2v) is 6.41. The van der Waals surface area contributed by atoms with Crippen LogP contribution >= 0.6 is 0 Å². The van der Waals surface area contributed by atoms with Gasteiger partial charge in [0.1, 0.15) is 11.6 Å². The highest BCUT2D eigenvalue weighted by molar-refractivity contribution is 6.02. The number of benzene rings is 3. The van der Waals surface area contributed by atoms with Gasteiger partial charge in [0.25, 0.3) is 23.6 Å². The first-order valence-electron chi connectivity index (χ1n) is 9.16. The van der Waals surface area contributed by atoms with E-state index in [2.05, 4.69) is 21.7 Å². The van der Waals surface area contributed by atoms with Crippen molar-refractivity contribution in [2.24, 2.45) is 0 Å². The molecule has 0 aliphatic carbocycles. The van der Waals surface area contributed by atoms with Gasteiger partial charge in [-0.2, -0.15) is 0 Å². The summed E-state index contributed by atoms with van der Waals surface area (Å²) in [6.07, 6.45) is 0. The summed E-state index contributed by atoms with van der Waals surface area (Å²) in [7, 11) is 0. The third kappa shape index (κ3) is 5.72. The molecule has 3 rings (SSSR count). The number of hydrazine groups is 2. The first-order chi connectivity index (χ1) is 15.3. The van der Waals surface area contributed by atoms with Crippen LogP contribution in [0.3, 0.4) is 0 Å². The minimum atomic E-state index is -0.703. The molecule has 4 N–H and O–H groups in total. The van der Waals surface area contributed by atoms with E-state index in [1.165, 1.54) is 48.5 Å². The number of nitrogens with one attached hydrogen (secondary N) is 4. The molecule has 0 spiro atoms. The fourth-order valence-electron chi connectivity index (χ4n) is 2.52. The molecule has 3 aromatic rings. The number of carbonyl (C=O) groups is 4. The summed E-state index contributed by atoms with van der Waals surface area (Å²) >= 11 is 0. The summed E-state index contributed by atoms with van der Waals surface area (Å²) in [6, 6.07) is 14.9. The largest absolute Gasteiger partial charge is 0.269 e. The molecule has 0 bridgehead atoms. The molecule has 0 aromatic heterocycles. The molecule has 0 aliphatic heterocycles. The Balaban J connectivity index is 1.56. The fraction of sp³-hybridized carbons (Fsp3) is 0. The zero-order valence-electron chi connectivity index (χ0n) is 16.3. The maximum Gasteiger partial charge on any atom is 0.269 e. The normalized spacial score (nSPS) is 10.1. The van der Waals surface area contributed by atoms with Gasteiger partial charge < -0.3 is 0 Å². The lowest BCUT2D eigenvalue weighted by Crippen LogP contribution is -2.42. The molecule has 3 aromatic carbocycles. The van der Waals surface area contributed by atoms with Gasteiger partial charge in [0.2, 0.25) is 0 Å². The number of amides is 4. The molecule has 4 amide bonds. The fourth-order valence-corrected chi connectivity index (χ4v) is 2.52. The van der Waals surface area contributed by atoms with Crippen LogP contribution in [0, 0.1) is 11.6 Å². The van der Waals surface area contributed by atoms with Crippen molar-refractivity contribution in [1.29, 1.82) is 0 Å². The SMILES string of the molecule is O=C(NNC(=O)c1cccc(C(=O)NNC(=O)c2ccc(F)cc2)c1)c1ccc(F)cc1.